The topological polar surface area (TPSA) is 6.48 Å². The quantitative estimate of drug-likeness (QED) is 0.843. The molecule has 114 valence electrons. The molecule has 3 atom stereocenters. The van der Waals surface area contributed by atoms with Crippen LogP contribution in [0.15, 0.2) is 24.3 Å². The van der Waals surface area contributed by atoms with Gasteiger partial charge in [-0.25, -0.2) is 4.39 Å². The highest BCUT2D eigenvalue weighted by molar-refractivity contribution is 5.16. The second kappa shape index (κ2) is 5.69. The third kappa shape index (κ3) is 2.86. The van der Waals surface area contributed by atoms with Crippen LogP contribution in [-0.2, 0) is 6.54 Å². The van der Waals surface area contributed by atoms with Crippen LogP contribution in [0.5, 0.6) is 0 Å². The van der Waals surface area contributed by atoms with Crippen molar-refractivity contribution in [2.45, 2.75) is 38.3 Å². The van der Waals surface area contributed by atoms with Crippen molar-refractivity contribution >= 4 is 0 Å². The van der Waals surface area contributed by atoms with Gasteiger partial charge in [0.1, 0.15) is 5.82 Å². The molecule has 21 heavy (non-hydrogen) atoms. The first kappa shape index (κ1) is 13.7. The largest absolute Gasteiger partial charge is 0.298 e. The summed E-state index contributed by atoms with van der Waals surface area (Å²) in [6, 6.07) is 7.92. The van der Waals surface area contributed by atoms with E-state index in [9.17, 15) is 4.39 Å². The van der Waals surface area contributed by atoms with Crippen LogP contribution in [0.1, 0.15) is 31.2 Å². The maximum absolute atomic E-state index is 13.2. The molecule has 2 aliphatic carbocycles. The molecule has 3 heteroatoms. The summed E-state index contributed by atoms with van der Waals surface area (Å²) in [5.41, 5.74) is 1.10. The lowest BCUT2D eigenvalue weighted by molar-refractivity contribution is 0.0679. The zero-order valence-corrected chi connectivity index (χ0v) is 12.7. The van der Waals surface area contributed by atoms with E-state index in [2.05, 4.69) is 9.80 Å². The van der Waals surface area contributed by atoms with Crippen molar-refractivity contribution in [1.82, 2.24) is 9.80 Å². The fraction of sp³-hybridized carbons (Fsp3) is 0.667. The summed E-state index contributed by atoms with van der Waals surface area (Å²) in [5.74, 6) is 1.91. The Bertz CT molecular complexity index is 496. The van der Waals surface area contributed by atoms with Crippen LogP contribution in [0, 0.1) is 17.7 Å². The number of hydrogen-bond acceptors (Lipinski definition) is 2. The van der Waals surface area contributed by atoms with Gasteiger partial charge in [-0.2, -0.15) is 0 Å². The first-order chi connectivity index (χ1) is 10.3. The van der Waals surface area contributed by atoms with E-state index in [4.69, 9.17) is 0 Å². The minimum atomic E-state index is -0.117. The van der Waals surface area contributed by atoms with Gasteiger partial charge in [0.25, 0.3) is 0 Å². The van der Waals surface area contributed by atoms with Gasteiger partial charge in [0, 0.05) is 38.8 Å². The van der Waals surface area contributed by atoms with E-state index >= 15 is 0 Å². The highest BCUT2D eigenvalue weighted by atomic mass is 19.1. The molecular weight excluding hydrogens is 263 g/mol. The van der Waals surface area contributed by atoms with Crippen LogP contribution in [0.3, 0.4) is 0 Å². The normalized spacial score (nSPS) is 33.7. The molecule has 1 aliphatic heterocycles. The van der Waals surface area contributed by atoms with E-state index in [0.29, 0.717) is 0 Å². The van der Waals surface area contributed by atoms with Crippen LogP contribution in [0.25, 0.3) is 0 Å². The molecule has 0 radical (unpaired) electrons. The lowest BCUT2D eigenvalue weighted by Crippen LogP contribution is -2.51. The second-order valence-corrected chi connectivity index (χ2v) is 7.18. The molecule has 1 aromatic carbocycles. The first-order valence-corrected chi connectivity index (χ1v) is 8.49. The fourth-order valence-corrected chi connectivity index (χ4v) is 4.80. The summed E-state index contributed by atoms with van der Waals surface area (Å²) in [7, 11) is 0. The highest BCUT2D eigenvalue weighted by Gasteiger charge is 2.42. The predicted molar refractivity (Wildman–Crippen MR) is 82.5 cm³/mol. The molecule has 0 amide bonds. The summed E-state index contributed by atoms with van der Waals surface area (Å²) in [4.78, 5) is 5.21. The molecule has 1 heterocycles. The van der Waals surface area contributed by atoms with Gasteiger partial charge in [0.05, 0.1) is 0 Å². The third-order valence-corrected chi connectivity index (χ3v) is 5.87. The minimum Gasteiger partial charge on any atom is -0.298 e. The summed E-state index contributed by atoms with van der Waals surface area (Å²) in [6.07, 6.45) is 5.91. The predicted octanol–water partition coefficient (Wildman–Crippen LogP) is 3.13. The van der Waals surface area contributed by atoms with Crippen LogP contribution >= 0.6 is 0 Å². The van der Waals surface area contributed by atoms with Gasteiger partial charge < -0.3 is 0 Å². The Morgan fingerprint density at radius 1 is 1.05 bits per heavy atom. The molecule has 1 saturated heterocycles. The molecule has 3 fully saturated rings. The van der Waals surface area contributed by atoms with Gasteiger partial charge in [-0.15, -0.1) is 0 Å². The molecule has 0 spiro atoms. The summed E-state index contributed by atoms with van der Waals surface area (Å²) in [5, 5.41) is 0. The van der Waals surface area contributed by atoms with Crippen LogP contribution in [0.4, 0.5) is 4.39 Å². The monoisotopic (exact) mass is 288 g/mol. The van der Waals surface area contributed by atoms with E-state index in [1.54, 1.807) is 6.07 Å². The second-order valence-electron chi connectivity index (χ2n) is 7.18. The van der Waals surface area contributed by atoms with E-state index in [-0.39, 0.29) is 5.82 Å². The van der Waals surface area contributed by atoms with E-state index < -0.39 is 0 Å². The zero-order chi connectivity index (χ0) is 14.2. The summed E-state index contributed by atoms with van der Waals surface area (Å²) in [6.45, 7) is 5.55. The average molecular weight is 288 g/mol. The summed E-state index contributed by atoms with van der Waals surface area (Å²) < 4.78 is 13.2. The SMILES string of the molecule is Fc1cccc(CN2CCN([C@@H]3C[C@H]4CC[C@@H]3C4)CC2)c1. The maximum Gasteiger partial charge on any atom is 0.123 e. The third-order valence-electron chi connectivity index (χ3n) is 5.87. The molecule has 2 bridgehead atoms. The lowest BCUT2D eigenvalue weighted by atomic mass is 9.93. The van der Waals surface area contributed by atoms with Gasteiger partial charge in [-0.1, -0.05) is 18.6 Å². The molecule has 3 aliphatic rings. The molecule has 0 unspecified atom stereocenters. The van der Waals surface area contributed by atoms with Crippen LogP contribution < -0.4 is 0 Å². The lowest BCUT2D eigenvalue weighted by Gasteiger charge is -2.41. The Labute approximate surface area is 126 Å². The van der Waals surface area contributed by atoms with Crippen molar-refractivity contribution in [2.24, 2.45) is 11.8 Å². The van der Waals surface area contributed by atoms with Gasteiger partial charge in [0.2, 0.25) is 0 Å². The number of nitrogens with zero attached hydrogens (tertiary/aromatic N) is 2. The molecule has 4 rings (SSSR count). The number of hydrogen-bond donors (Lipinski definition) is 0. The molecule has 1 aromatic rings. The standard InChI is InChI=1S/C18H25FN2/c19-17-3-1-2-15(11-17)13-20-6-8-21(9-7-20)18-12-14-4-5-16(18)10-14/h1-3,11,14,16,18H,4-10,12-13H2/t14-,16+,18+/m0/s1. The zero-order valence-electron chi connectivity index (χ0n) is 12.7. The Hall–Kier alpha value is -0.930. The molecule has 2 nitrogen and oxygen atoms in total. The Morgan fingerprint density at radius 2 is 1.90 bits per heavy atom. The Morgan fingerprint density at radius 3 is 2.57 bits per heavy atom. The Balaban J connectivity index is 1.31. The van der Waals surface area contributed by atoms with E-state index in [1.165, 1.54) is 44.8 Å². The fourth-order valence-electron chi connectivity index (χ4n) is 4.80. The van der Waals surface area contributed by atoms with E-state index in [1.807, 2.05) is 12.1 Å². The number of halogens is 1. The van der Waals surface area contributed by atoms with Crippen molar-refractivity contribution in [3.63, 3.8) is 0 Å². The maximum atomic E-state index is 13.2. The van der Waals surface area contributed by atoms with E-state index in [0.717, 1.165) is 43.1 Å². The van der Waals surface area contributed by atoms with Crippen molar-refractivity contribution in [3.8, 4) is 0 Å². The van der Waals surface area contributed by atoms with Crippen molar-refractivity contribution < 1.29 is 4.39 Å². The van der Waals surface area contributed by atoms with Crippen LogP contribution in [-0.4, -0.2) is 42.0 Å². The van der Waals surface area contributed by atoms with Crippen molar-refractivity contribution in [1.29, 1.82) is 0 Å². The number of fused-ring (bicyclic) bond motifs is 2. The van der Waals surface area contributed by atoms with Gasteiger partial charge in [-0.05, 0) is 48.8 Å². The molecule has 2 saturated carbocycles. The highest BCUT2D eigenvalue weighted by Crippen LogP contribution is 2.46. The average Bonchev–Trinajstić information content (AvgIpc) is 3.11. The van der Waals surface area contributed by atoms with Gasteiger partial charge >= 0.3 is 0 Å². The minimum absolute atomic E-state index is 0.117. The van der Waals surface area contributed by atoms with Crippen molar-refractivity contribution in [2.75, 3.05) is 26.2 Å². The smallest absolute Gasteiger partial charge is 0.123 e. The van der Waals surface area contributed by atoms with Gasteiger partial charge in [0.15, 0.2) is 0 Å². The number of benzene rings is 1. The molecule has 0 N–H and O–H groups in total. The number of piperazine rings is 1. The Kier molecular flexibility index (Phi) is 3.72. The first-order valence-electron chi connectivity index (χ1n) is 8.49. The van der Waals surface area contributed by atoms with Gasteiger partial charge in [-0.3, -0.25) is 9.80 Å². The number of rotatable bonds is 3. The molecule has 0 aromatic heterocycles. The molecular formula is C18H25FN2. The summed E-state index contributed by atoms with van der Waals surface area (Å²) >= 11 is 0. The van der Waals surface area contributed by atoms with Crippen LogP contribution in [0.2, 0.25) is 0 Å². The van der Waals surface area contributed by atoms with Crippen molar-refractivity contribution in [3.05, 3.63) is 35.6 Å².